The number of fused-ring (bicyclic) bond motifs is 1. The minimum atomic E-state index is -2.43. The Kier molecular flexibility index (Phi) is 2.53. The van der Waals surface area contributed by atoms with E-state index in [4.69, 9.17) is 0 Å². The molecule has 1 aromatic rings. The minimum Gasteiger partial charge on any atom is -0.358 e. The van der Waals surface area contributed by atoms with Crippen LogP contribution in [0.4, 0.5) is 0 Å². The van der Waals surface area contributed by atoms with Crippen LogP contribution >= 0.6 is 15.9 Å². The van der Waals surface area contributed by atoms with Crippen LogP contribution in [0.1, 0.15) is 0 Å². The zero-order valence-corrected chi connectivity index (χ0v) is 9.56. The lowest BCUT2D eigenvalue weighted by atomic mass is 10.0. The first-order chi connectivity index (χ1) is 7.50. The summed E-state index contributed by atoms with van der Waals surface area (Å²) in [5.41, 5.74) is -0.315. The van der Waals surface area contributed by atoms with Crippen molar-refractivity contribution < 1.29 is 19.8 Å². The van der Waals surface area contributed by atoms with Crippen molar-refractivity contribution in [2.75, 3.05) is 0 Å². The van der Waals surface area contributed by atoms with Gasteiger partial charge in [-0.1, -0.05) is 24.3 Å². The molecule has 0 saturated carbocycles. The Balaban J connectivity index is 2.95. The quantitative estimate of drug-likeness (QED) is 0.406. The van der Waals surface area contributed by atoms with Gasteiger partial charge < -0.3 is 10.2 Å². The number of carbonyl (C=O) groups is 2. The molecule has 2 N–H and O–H groups in total. The summed E-state index contributed by atoms with van der Waals surface area (Å²) < 4.78 is 0.0702. The van der Waals surface area contributed by atoms with Crippen molar-refractivity contribution in [2.45, 2.75) is 5.79 Å². The number of benzene rings is 1. The van der Waals surface area contributed by atoms with Gasteiger partial charge in [0, 0.05) is 0 Å². The van der Waals surface area contributed by atoms with Gasteiger partial charge in [0.05, 0.1) is 10.1 Å². The number of carbonyl (C=O) groups excluding carboxylic acids is 2. The SMILES string of the molecule is O=CC(=O)C1=c2ccccc2=C(Br)C1(O)O. The summed E-state index contributed by atoms with van der Waals surface area (Å²) in [6.45, 7) is 0. The third-order valence-electron chi connectivity index (χ3n) is 2.44. The smallest absolute Gasteiger partial charge is 0.229 e. The maximum atomic E-state index is 11.4. The summed E-state index contributed by atoms with van der Waals surface area (Å²) >= 11 is 3.02. The first kappa shape index (κ1) is 11.2. The molecule has 0 atom stereocenters. The summed E-state index contributed by atoms with van der Waals surface area (Å²) in [5.74, 6) is -3.37. The van der Waals surface area contributed by atoms with Crippen molar-refractivity contribution in [3.8, 4) is 0 Å². The van der Waals surface area contributed by atoms with Crippen LogP contribution < -0.4 is 10.4 Å². The van der Waals surface area contributed by atoms with Crippen LogP contribution in [0.5, 0.6) is 0 Å². The van der Waals surface area contributed by atoms with Crippen molar-refractivity contribution in [3.05, 3.63) is 34.7 Å². The third-order valence-corrected chi connectivity index (χ3v) is 3.42. The number of aldehydes is 1. The van der Waals surface area contributed by atoms with Crippen molar-refractivity contribution in [3.63, 3.8) is 0 Å². The molecule has 4 nitrogen and oxygen atoms in total. The second-order valence-corrected chi connectivity index (χ2v) is 4.18. The van der Waals surface area contributed by atoms with Gasteiger partial charge in [0.15, 0.2) is 6.29 Å². The molecule has 1 aromatic carbocycles. The Morgan fingerprint density at radius 2 is 1.81 bits per heavy atom. The van der Waals surface area contributed by atoms with Gasteiger partial charge in [0.2, 0.25) is 11.6 Å². The maximum Gasteiger partial charge on any atom is 0.229 e. The molecule has 0 bridgehead atoms. The Labute approximate surface area is 98.7 Å². The lowest BCUT2D eigenvalue weighted by Crippen LogP contribution is -2.33. The van der Waals surface area contributed by atoms with E-state index < -0.39 is 11.6 Å². The van der Waals surface area contributed by atoms with Crippen LogP contribution in [0.15, 0.2) is 24.3 Å². The summed E-state index contributed by atoms with van der Waals surface area (Å²) in [6, 6.07) is 6.54. The molecule has 1 aliphatic carbocycles. The van der Waals surface area contributed by atoms with E-state index in [-0.39, 0.29) is 16.3 Å². The average molecular weight is 283 g/mol. The van der Waals surface area contributed by atoms with Crippen LogP contribution in [0.2, 0.25) is 0 Å². The van der Waals surface area contributed by atoms with E-state index in [2.05, 4.69) is 15.9 Å². The molecule has 5 heteroatoms. The van der Waals surface area contributed by atoms with E-state index in [0.29, 0.717) is 10.4 Å². The fourth-order valence-electron chi connectivity index (χ4n) is 1.74. The summed E-state index contributed by atoms with van der Waals surface area (Å²) in [4.78, 5) is 21.9. The number of Topliss-reactive ketones (excluding diaryl/α,β-unsaturated/α-hetero) is 1. The monoisotopic (exact) mass is 282 g/mol. The first-order valence-corrected chi connectivity index (χ1v) is 5.24. The van der Waals surface area contributed by atoms with Gasteiger partial charge in [-0.05, 0) is 26.4 Å². The topological polar surface area (TPSA) is 74.6 Å². The fourth-order valence-corrected chi connectivity index (χ4v) is 2.29. The number of hydrogen-bond donors (Lipinski definition) is 2. The van der Waals surface area contributed by atoms with E-state index in [0.717, 1.165) is 0 Å². The molecule has 0 unspecified atom stereocenters. The molecule has 0 heterocycles. The molecule has 0 fully saturated rings. The van der Waals surface area contributed by atoms with Gasteiger partial charge in [-0.3, -0.25) is 9.59 Å². The molecule has 0 spiro atoms. The van der Waals surface area contributed by atoms with E-state index in [1.54, 1.807) is 24.3 Å². The molecular formula is C11H7BrO4. The third kappa shape index (κ3) is 1.36. The second-order valence-electron chi connectivity index (χ2n) is 3.39. The van der Waals surface area contributed by atoms with E-state index in [1.165, 1.54) is 0 Å². The lowest BCUT2D eigenvalue weighted by Gasteiger charge is -2.18. The summed E-state index contributed by atoms with van der Waals surface area (Å²) in [7, 11) is 0. The van der Waals surface area contributed by atoms with Crippen molar-refractivity contribution in [1.29, 1.82) is 0 Å². The molecule has 0 radical (unpaired) electrons. The predicted octanol–water partition coefficient (Wildman–Crippen LogP) is -1.20. The normalized spacial score (nSPS) is 17.2. The van der Waals surface area contributed by atoms with Crippen LogP contribution in [-0.4, -0.2) is 28.1 Å². The zero-order chi connectivity index (χ0) is 11.9. The van der Waals surface area contributed by atoms with Crippen LogP contribution in [-0.2, 0) is 9.59 Å². The second kappa shape index (κ2) is 3.62. The summed E-state index contributed by atoms with van der Waals surface area (Å²) in [5, 5.41) is 20.5. The predicted molar refractivity (Wildman–Crippen MR) is 59.7 cm³/mol. The number of ketones is 1. The fraction of sp³-hybridized carbons (Fsp3) is 0.0909. The molecule has 0 aliphatic heterocycles. The van der Waals surface area contributed by atoms with Gasteiger partial charge in [-0.15, -0.1) is 0 Å². The van der Waals surface area contributed by atoms with Crippen LogP contribution in [0, 0.1) is 0 Å². The molecule has 1 aliphatic rings. The highest BCUT2D eigenvalue weighted by atomic mass is 79.9. The Bertz CT molecular complexity index is 601. The van der Waals surface area contributed by atoms with Gasteiger partial charge in [-0.25, -0.2) is 0 Å². The van der Waals surface area contributed by atoms with Crippen LogP contribution in [0.3, 0.4) is 0 Å². The first-order valence-electron chi connectivity index (χ1n) is 4.44. The van der Waals surface area contributed by atoms with Gasteiger partial charge in [0.1, 0.15) is 0 Å². The number of aliphatic hydroxyl groups is 2. The molecule has 16 heavy (non-hydrogen) atoms. The molecular weight excluding hydrogens is 276 g/mol. The van der Waals surface area contributed by atoms with Crippen LogP contribution in [0.25, 0.3) is 10.1 Å². The Hall–Kier alpha value is -1.30. The molecule has 82 valence electrons. The minimum absolute atomic E-state index is 0.0684. The highest BCUT2D eigenvalue weighted by Crippen LogP contribution is 2.30. The van der Waals surface area contributed by atoms with Crippen molar-refractivity contribution in [1.82, 2.24) is 0 Å². The molecule has 0 amide bonds. The Morgan fingerprint density at radius 1 is 1.25 bits per heavy atom. The number of hydrogen-bond acceptors (Lipinski definition) is 4. The molecule has 0 aromatic heterocycles. The van der Waals surface area contributed by atoms with Gasteiger partial charge >= 0.3 is 0 Å². The van der Waals surface area contributed by atoms with E-state index >= 15 is 0 Å². The standard InChI is InChI=1S/C11H7BrO4/c12-10-7-4-2-1-3-6(7)9(8(14)5-13)11(10,15)16/h1-5,15-16H. The maximum absolute atomic E-state index is 11.4. The highest BCUT2D eigenvalue weighted by molar-refractivity contribution is 9.15. The molecule has 0 saturated heterocycles. The van der Waals surface area contributed by atoms with Gasteiger partial charge in [0.25, 0.3) is 0 Å². The Morgan fingerprint density at radius 3 is 2.38 bits per heavy atom. The van der Waals surface area contributed by atoms with E-state index in [1.807, 2.05) is 0 Å². The number of halogens is 1. The zero-order valence-electron chi connectivity index (χ0n) is 7.98. The summed E-state index contributed by atoms with van der Waals surface area (Å²) in [6.07, 6.45) is 0.0684. The van der Waals surface area contributed by atoms with Gasteiger partial charge in [-0.2, -0.15) is 0 Å². The number of rotatable bonds is 2. The van der Waals surface area contributed by atoms with E-state index in [9.17, 15) is 19.8 Å². The largest absolute Gasteiger partial charge is 0.358 e. The lowest BCUT2D eigenvalue weighted by molar-refractivity contribution is -0.129. The average Bonchev–Trinajstić information content (AvgIpc) is 2.47. The van der Waals surface area contributed by atoms with Crippen molar-refractivity contribution in [2.24, 2.45) is 0 Å². The van der Waals surface area contributed by atoms with Crippen molar-refractivity contribution >= 4 is 38.1 Å². The highest BCUT2D eigenvalue weighted by Gasteiger charge is 2.41. The molecule has 2 rings (SSSR count).